The number of hydrogen-bond donors (Lipinski definition) is 1. The average molecular weight is 340 g/mol. The fourth-order valence-corrected chi connectivity index (χ4v) is 2.89. The molecule has 1 heterocycles. The summed E-state index contributed by atoms with van der Waals surface area (Å²) in [5, 5.41) is 3.84. The molecule has 2 aromatic rings. The Bertz CT molecular complexity index is 699. The summed E-state index contributed by atoms with van der Waals surface area (Å²) < 4.78 is 9.83. The van der Waals surface area contributed by atoms with Gasteiger partial charge < -0.3 is 14.8 Å². The Morgan fingerprint density at radius 3 is 2.68 bits per heavy atom. The van der Waals surface area contributed by atoms with Crippen molar-refractivity contribution in [1.82, 2.24) is 0 Å². The zero-order valence-corrected chi connectivity index (χ0v) is 13.6. The lowest BCUT2D eigenvalue weighted by atomic mass is 10.1. The highest BCUT2D eigenvalue weighted by molar-refractivity contribution is 7.18. The summed E-state index contributed by atoms with van der Waals surface area (Å²) in [7, 11) is 2.85. The van der Waals surface area contributed by atoms with Crippen molar-refractivity contribution in [2.75, 3.05) is 19.5 Å². The van der Waals surface area contributed by atoms with Gasteiger partial charge in [0.1, 0.15) is 10.6 Å². The molecule has 1 N–H and O–H groups in total. The number of carbonyl (C=O) groups is 2. The molecule has 116 valence electrons. The van der Waals surface area contributed by atoms with Crippen molar-refractivity contribution in [1.29, 1.82) is 0 Å². The second kappa shape index (κ2) is 7.29. The van der Waals surface area contributed by atoms with Gasteiger partial charge in [-0.3, -0.25) is 4.79 Å². The van der Waals surface area contributed by atoms with E-state index in [0.717, 1.165) is 11.3 Å². The van der Waals surface area contributed by atoms with E-state index in [4.69, 9.17) is 16.3 Å². The maximum Gasteiger partial charge on any atom is 0.348 e. The van der Waals surface area contributed by atoms with Crippen molar-refractivity contribution >= 4 is 39.8 Å². The number of hydrogen-bond acceptors (Lipinski definition) is 5. The Morgan fingerprint density at radius 1 is 1.23 bits per heavy atom. The van der Waals surface area contributed by atoms with Crippen molar-refractivity contribution in [3.05, 3.63) is 45.8 Å². The number of anilines is 1. The zero-order valence-electron chi connectivity index (χ0n) is 12.0. The van der Waals surface area contributed by atoms with Crippen molar-refractivity contribution in [3.8, 4) is 5.75 Å². The number of esters is 1. The highest BCUT2D eigenvalue weighted by atomic mass is 35.5. The quantitative estimate of drug-likeness (QED) is 0.848. The lowest BCUT2D eigenvalue weighted by Crippen LogP contribution is -2.14. The SMILES string of the molecule is COC(=O)c1ccc(NC(=O)Cc2cc(Cl)ccc2OC)s1. The van der Waals surface area contributed by atoms with Crippen LogP contribution in [0.1, 0.15) is 15.2 Å². The maximum absolute atomic E-state index is 12.1. The predicted octanol–water partition coefficient (Wildman–Crippen LogP) is 3.38. The molecule has 0 spiro atoms. The fourth-order valence-electron chi connectivity index (χ4n) is 1.86. The van der Waals surface area contributed by atoms with E-state index in [0.29, 0.717) is 26.2 Å². The third-order valence-corrected chi connectivity index (χ3v) is 4.06. The van der Waals surface area contributed by atoms with Gasteiger partial charge in [-0.05, 0) is 30.3 Å². The molecule has 2 rings (SSSR count). The molecule has 1 aromatic carbocycles. The first-order chi connectivity index (χ1) is 10.5. The molecule has 22 heavy (non-hydrogen) atoms. The second-order valence-electron chi connectivity index (χ2n) is 4.34. The van der Waals surface area contributed by atoms with Gasteiger partial charge in [-0.1, -0.05) is 11.6 Å². The number of thiophene rings is 1. The molecule has 1 aromatic heterocycles. The standard InChI is InChI=1S/C15H14ClNO4S/c1-20-11-4-3-10(16)7-9(11)8-13(18)17-14-6-5-12(22-14)15(19)21-2/h3-7H,8H2,1-2H3,(H,17,18). The van der Waals surface area contributed by atoms with E-state index in [1.165, 1.54) is 14.2 Å². The van der Waals surface area contributed by atoms with Crippen molar-refractivity contribution in [3.63, 3.8) is 0 Å². The highest BCUT2D eigenvalue weighted by Gasteiger charge is 2.13. The van der Waals surface area contributed by atoms with Crippen LogP contribution in [0.3, 0.4) is 0 Å². The number of halogens is 1. The third kappa shape index (κ3) is 3.99. The molecule has 0 bridgehead atoms. The van der Waals surface area contributed by atoms with Crippen molar-refractivity contribution < 1.29 is 19.1 Å². The summed E-state index contributed by atoms with van der Waals surface area (Å²) in [6.45, 7) is 0. The highest BCUT2D eigenvalue weighted by Crippen LogP contribution is 2.25. The van der Waals surface area contributed by atoms with E-state index in [1.54, 1.807) is 30.3 Å². The lowest BCUT2D eigenvalue weighted by molar-refractivity contribution is -0.115. The van der Waals surface area contributed by atoms with Gasteiger partial charge in [0.25, 0.3) is 0 Å². The Balaban J connectivity index is 2.06. The van der Waals surface area contributed by atoms with E-state index in [2.05, 4.69) is 10.1 Å². The smallest absolute Gasteiger partial charge is 0.348 e. The Kier molecular flexibility index (Phi) is 5.41. The number of amides is 1. The first-order valence-electron chi connectivity index (χ1n) is 6.34. The number of benzene rings is 1. The van der Waals surface area contributed by atoms with Gasteiger partial charge in [0.2, 0.25) is 5.91 Å². The topological polar surface area (TPSA) is 64.6 Å². The van der Waals surface area contributed by atoms with Crippen LogP contribution in [0.2, 0.25) is 5.02 Å². The van der Waals surface area contributed by atoms with Crippen molar-refractivity contribution in [2.45, 2.75) is 6.42 Å². The van der Waals surface area contributed by atoms with Gasteiger partial charge in [0.05, 0.1) is 25.6 Å². The Hall–Kier alpha value is -2.05. The molecule has 0 saturated carbocycles. The molecule has 0 aliphatic rings. The minimum atomic E-state index is -0.429. The number of rotatable bonds is 5. The average Bonchev–Trinajstić information content (AvgIpc) is 2.95. The predicted molar refractivity (Wildman–Crippen MR) is 86.0 cm³/mol. The Labute approximate surface area is 136 Å². The first kappa shape index (κ1) is 16.3. The monoisotopic (exact) mass is 339 g/mol. The molecule has 0 aliphatic carbocycles. The molecule has 0 unspecified atom stereocenters. The van der Waals surface area contributed by atoms with Crippen molar-refractivity contribution in [2.24, 2.45) is 0 Å². The Morgan fingerprint density at radius 2 is 2.00 bits per heavy atom. The summed E-state index contributed by atoms with van der Waals surface area (Å²) in [5.74, 6) is -0.0539. The molecule has 0 saturated heterocycles. The summed E-state index contributed by atoms with van der Waals surface area (Å²) in [5.41, 5.74) is 0.692. The van der Waals surface area contributed by atoms with Gasteiger partial charge >= 0.3 is 5.97 Å². The molecule has 0 fully saturated rings. The van der Waals surface area contributed by atoms with Gasteiger partial charge in [0.15, 0.2) is 0 Å². The van der Waals surface area contributed by atoms with E-state index >= 15 is 0 Å². The molecule has 0 radical (unpaired) electrons. The zero-order chi connectivity index (χ0) is 16.1. The van der Waals surface area contributed by atoms with E-state index < -0.39 is 5.97 Å². The molecule has 0 atom stereocenters. The molecular weight excluding hydrogens is 326 g/mol. The molecule has 1 amide bonds. The number of nitrogens with one attached hydrogen (secondary N) is 1. The fraction of sp³-hybridized carbons (Fsp3) is 0.200. The third-order valence-electron chi connectivity index (χ3n) is 2.85. The number of carbonyl (C=O) groups excluding carboxylic acids is 2. The summed E-state index contributed by atoms with van der Waals surface area (Å²) in [6, 6.07) is 8.36. The van der Waals surface area contributed by atoms with E-state index in [1.807, 2.05) is 0 Å². The van der Waals surface area contributed by atoms with Crippen LogP contribution in [-0.4, -0.2) is 26.1 Å². The van der Waals surface area contributed by atoms with E-state index in [9.17, 15) is 9.59 Å². The van der Waals surface area contributed by atoms with Crippen LogP contribution >= 0.6 is 22.9 Å². The lowest BCUT2D eigenvalue weighted by Gasteiger charge is -2.08. The molecule has 5 nitrogen and oxygen atoms in total. The number of methoxy groups -OCH3 is 2. The van der Waals surface area contributed by atoms with Crippen LogP contribution in [0.4, 0.5) is 5.00 Å². The largest absolute Gasteiger partial charge is 0.496 e. The van der Waals surface area contributed by atoms with Crippen LogP contribution in [0.15, 0.2) is 30.3 Å². The minimum absolute atomic E-state index is 0.120. The summed E-state index contributed by atoms with van der Waals surface area (Å²) in [6.07, 6.45) is 0.120. The maximum atomic E-state index is 12.1. The minimum Gasteiger partial charge on any atom is -0.496 e. The van der Waals surface area contributed by atoms with Crippen LogP contribution in [0.25, 0.3) is 0 Å². The van der Waals surface area contributed by atoms with Gasteiger partial charge in [0, 0.05) is 10.6 Å². The molecule has 0 aliphatic heterocycles. The van der Waals surface area contributed by atoms with Gasteiger partial charge in [-0.2, -0.15) is 0 Å². The van der Waals surface area contributed by atoms with Gasteiger partial charge in [-0.15, -0.1) is 11.3 Å². The van der Waals surface area contributed by atoms with Crippen LogP contribution < -0.4 is 10.1 Å². The first-order valence-corrected chi connectivity index (χ1v) is 7.53. The second-order valence-corrected chi connectivity index (χ2v) is 5.86. The van der Waals surface area contributed by atoms with Crippen LogP contribution in [0.5, 0.6) is 5.75 Å². The molecular formula is C15H14ClNO4S. The summed E-state index contributed by atoms with van der Waals surface area (Å²) >= 11 is 7.09. The van der Waals surface area contributed by atoms with E-state index in [-0.39, 0.29) is 12.3 Å². The number of ether oxygens (including phenoxy) is 2. The van der Waals surface area contributed by atoms with Gasteiger partial charge in [-0.25, -0.2) is 4.79 Å². The summed E-state index contributed by atoms with van der Waals surface area (Å²) in [4.78, 5) is 23.9. The van der Waals surface area contributed by atoms with Crippen LogP contribution in [0, 0.1) is 0 Å². The van der Waals surface area contributed by atoms with Crippen LogP contribution in [-0.2, 0) is 16.0 Å². The normalized spacial score (nSPS) is 10.1. The molecule has 7 heteroatoms.